The van der Waals surface area contributed by atoms with Crippen LogP contribution in [0.25, 0.3) is 0 Å². The zero-order valence-corrected chi connectivity index (χ0v) is 13.4. The lowest BCUT2D eigenvalue weighted by molar-refractivity contribution is -0.141. The summed E-state index contributed by atoms with van der Waals surface area (Å²) in [6.45, 7) is 6.28. The molecule has 19 heavy (non-hydrogen) atoms. The molecule has 6 heteroatoms. The third-order valence-corrected chi connectivity index (χ3v) is 3.91. The first-order valence-electron chi connectivity index (χ1n) is 6.58. The number of nitrogens with zero attached hydrogens (tertiary/aromatic N) is 2. The Morgan fingerprint density at radius 1 is 1.32 bits per heavy atom. The minimum Gasteiger partial charge on any atom is -0.481 e. The van der Waals surface area contributed by atoms with Gasteiger partial charge in [-0.1, -0.05) is 6.92 Å². The van der Waals surface area contributed by atoms with Crippen molar-refractivity contribution in [1.29, 1.82) is 0 Å². The monoisotopic (exact) mass is 290 g/mol. The van der Waals surface area contributed by atoms with Gasteiger partial charge in [0, 0.05) is 26.2 Å². The van der Waals surface area contributed by atoms with Crippen LogP contribution >= 0.6 is 11.8 Å². The van der Waals surface area contributed by atoms with Crippen molar-refractivity contribution in [3.05, 3.63) is 0 Å². The number of thioether (sulfide) groups is 1. The summed E-state index contributed by atoms with van der Waals surface area (Å²) in [5.41, 5.74) is 0. The van der Waals surface area contributed by atoms with Crippen LogP contribution in [0.3, 0.4) is 0 Å². The molecule has 0 heterocycles. The van der Waals surface area contributed by atoms with E-state index < -0.39 is 11.9 Å². The summed E-state index contributed by atoms with van der Waals surface area (Å²) in [5, 5.41) is 8.92. The fourth-order valence-corrected chi connectivity index (χ4v) is 2.22. The second-order valence-electron chi connectivity index (χ2n) is 4.80. The summed E-state index contributed by atoms with van der Waals surface area (Å²) in [6, 6.07) is 0.0679. The standard InChI is InChI=1S/C13H26N2O3S/c1-6-15(9-10(2)12(16)17)13(18)14(4)11(3)7-8-19-5/h10-11H,6-9H2,1-5H3,(H,16,17). The first-order chi connectivity index (χ1) is 8.84. The highest BCUT2D eigenvalue weighted by Gasteiger charge is 2.24. The van der Waals surface area contributed by atoms with Gasteiger partial charge in [-0.25, -0.2) is 4.79 Å². The van der Waals surface area contributed by atoms with E-state index in [1.165, 1.54) is 0 Å². The Balaban J connectivity index is 4.52. The summed E-state index contributed by atoms with van der Waals surface area (Å²) in [5.74, 6) is -0.403. The first-order valence-corrected chi connectivity index (χ1v) is 7.97. The normalized spacial score (nSPS) is 13.7. The number of carbonyl (C=O) groups excluding carboxylic acids is 1. The number of carbonyl (C=O) groups is 2. The Bertz CT molecular complexity index is 300. The van der Waals surface area contributed by atoms with Crippen molar-refractivity contribution in [2.24, 2.45) is 5.92 Å². The summed E-state index contributed by atoms with van der Waals surface area (Å²) in [7, 11) is 1.78. The maximum Gasteiger partial charge on any atom is 0.319 e. The van der Waals surface area contributed by atoms with Gasteiger partial charge in [-0.15, -0.1) is 0 Å². The van der Waals surface area contributed by atoms with Gasteiger partial charge in [-0.3, -0.25) is 4.79 Å². The van der Waals surface area contributed by atoms with Crippen LogP contribution in [0.5, 0.6) is 0 Å². The van der Waals surface area contributed by atoms with Crippen LogP contribution in [-0.4, -0.2) is 65.1 Å². The van der Waals surface area contributed by atoms with Crippen LogP contribution in [0, 0.1) is 5.92 Å². The number of aliphatic carboxylic acids is 1. The number of carboxylic acids is 1. The van der Waals surface area contributed by atoms with Gasteiger partial charge < -0.3 is 14.9 Å². The van der Waals surface area contributed by atoms with E-state index in [2.05, 4.69) is 0 Å². The molecular formula is C13H26N2O3S. The maximum absolute atomic E-state index is 12.3. The lowest BCUT2D eigenvalue weighted by Gasteiger charge is -2.32. The average molecular weight is 290 g/mol. The Morgan fingerprint density at radius 2 is 1.89 bits per heavy atom. The molecular weight excluding hydrogens is 264 g/mol. The number of carboxylic acid groups (broad SMARTS) is 1. The average Bonchev–Trinajstić information content (AvgIpc) is 2.39. The van der Waals surface area contributed by atoms with Crippen molar-refractivity contribution < 1.29 is 14.7 Å². The number of urea groups is 1. The van der Waals surface area contributed by atoms with Crippen molar-refractivity contribution >= 4 is 23.8 Å². The molecule has 0 aliphatic carbocycles. The topological polar surface area (TPSA) is 60.9 Å². The SMILES string of the molecule is CCN(CC(C)C(=O)O)C(=O)N(C)C(C)CCSC. The van der Waals surface area contributed by atoms with E-state index in [-0.39, 0.29) is 18.6 Å². The minimum absolute atomic E-state index is 0.0933. The number of hydrogen-bond acceptors (Lipinski definition) is 3. The van der Waals surface area contributed by atoms with Gasteiger partial charge >= 0.3 is 12.0 Å². The minimum atomic E-state index is -0.871. The molecule has 112 valence electrons. The quantitative estimate of drug-likeness (QED) is 0.744. The largest absolute Gasteiger partial charge is 0.481 e. The fraction of sp³-hybridized carbons (Fsp3) is 0.846. The molecule has 0 aliphatic heterocycles. The predicted molar refractivity (Wildman–Crippen MR) is 79.7 cm³/mol. The maximum atomic E-state index is 12.3. The Hall–Kier alpha value is -0.910. The molecule has 5 nitrogen and oxygen atoms in total. The molecule has 0 saturated carbocycles. The third kappa shape index (κ3) is 6.18. The lowest BCUT2D eigenvalue weighted by Crippen LogP contribution is -2.47. The Kier molecular flexibility index (Phi) is 8.63. The second-order valence-corrected chi connectivity index (χ2v) is 5.79. The second kappa shape index (κ2) is 9.07. The Labute approximate surface area is 120 Å². The molecule has 0 aliphatic rings. The lowest BCUT2D eigenvalue weighted by atomic mass is 10.1. The summed E-state index contributed by atoms with van der Waals surface area (Å²) >= 11 is 1.76. The van der Waals surface area contributed by atoms with E-state index in [0.29, 0.717) is 6.54 Å². The fourth-order valence-electron chi connectivity index (χ4n) is 1.64. The number of rotatable bonds is 8. The van der Waals surface area contributed by atoms with Crippen LogP contribution in [0.1, 0.15) is 27.2 Å². The molecule has 1 N–H and O–H groups in total. The van der Waals surface area contributed by atoms with Crippen LogP contribution in [0.2, 0.25) is 0 Å². The zero-order chi connectivity index (χ0) is 15.0. The number of hydrogen-bond donors (Lipinski definition) is 1. The van der Waals surface area contributed by atoms with Crippen molar-refractivity contribution in [2.45, 2.75) is 33.2 Å². The first kappa shape index (κ1) is 18.1. The van der Waals surface area contributed by atoms with Gasteiger partial charge in [0.1, 0.15) is 0 Å². The highest BCUT2D eigenvalue weighted by Crippen LogP contribution is 2.10. The molecule has 0 radical (unpaired) electrons. The molecule has 2 unspecified atom stereocenters. The van der Waals surface area contributed by atoms with Crippen molar-refractivity contribution in [3.63, 3.8) is 0 Å². The highest BCUT2D eigenvalue weighted by atomic mass is 32.2. The smallest absolute Gasteiger partial charge is 0.319 e. The van der Waals surface area contributed by atoms with Gasteiger partial charge in [0.15, 0.2) is 0 Å². The molecule has 0 aromatic carbocycles. The predicted octanol–water partition coefficient (Wildman–Crippen LogP) is 2.22. The van der Waals surface area contributed by atoms with Gasteiger partial charge in [0.05, 0.1) is 5.92 Å². The van der Waals surface area contributed by atoms with Crippen LogP contribution < -0.4 is 0 Å². The van der Waals surface area contributed by atoms with Gasteiger partial charge in [-0.2, -0.15) is 11.8 Å². The van der Waals surface area contributed by atoms with Gasteiger partial charge in [-0.05, 0) is 32.3 Å². The molecule has 0 bridgehead atoms. The zero-order valence-electron chi connectivity index (χ0n) is 12.5. The Morgan fingerprint density at radius 3 is 2.32 bits per heavy atom. The highest BCUT2D eigenvalue weighted by molar-refractivity contribution is 7.98. The summed E-state index contributed by atoms with van der Waals surface area (Å²) < 4.78 is 0. The molecule has 0 fully saturated rings. The van der Waals surface area contributed by atoms with Crippen LogP contribution in [-0.2, 0) is 4.79 Å². The van der Waals surface area contributed by atoms with E-state index in [1.807, 2.05) is 20.1 Å². The number of amides is 2. The van der Waals surface area contributed by atoms with Crippen molar-refractivity contribution in [1.82, 2.24) is 9.80 Å². The summed E-state index contributed by atoms with van der Waals surface area (Å²) in [6.07, 6.45) is 2.98. The molecule has 0 spiro atoms. The van der Waals surface area contributed by atoms with Gasteiger partial charge in [0.2, 0.25) is 0 Å². The van der Waals surface area contributed by atoms with Crippen molar-refractivity contribution in [3.8, 4) is 0 Å². The molecule has 2 amide bonds. The van der Waals surface area contributed by atoms with E-state index in [9.17, 15) is 9.59 Å². The van der Waals surface area contributed by atoms with E-state index in [1.54, 1.807) is 35.5 Å². The van der Waals surface area contributed by atoms with E-state index in [4.69, 9.17) is 5.11 Å². The summed E-state index contributed by atoms with van der Waals surface area (Å²) in [4.78, 5) is 26.4. The molecule has 0 rings (SSSR count). The molecule has 0 saturated heterocycles. The molecule has 2 atom stereocenters. The van der Waals surface area contributed by atoms with Crippen molar-refractivity contribution in [2.75, 3.05) is 32.1 Å². The molecule has 0 aromatic rings. The van der Waals surface area contributed by atoms with E-state index >= 15 is 0 Å². The van der Waals surface area contributed by atoms with Gasteiger partial charge in [0.25, 0.3) is 0 Å². The molecule has 0 aromatic heterocycles. The van der Waals surface area contributed by atoms with E-state index in [0.717, 1.165) is 12.2 Å². The van der Waals surface area contributed by atoms with Crippen LogP contribution in [0.4, 0.5) is 4.79 Å². The van der Waals surface area contributed by atoms with Crippen LogP contribution in [0.15, 0.2) is 0 Å². The third-order valence-electron chi connectivity index (χ3n) is 3.27.